The molecule has 1 aromatic carbocycles. The highest BCUT2D eigenvalue weighted by atomic mass is 35.5. The Morgan fingerprint density at radius 1 is 1.17 bits per heavy atom. The zero-order valence-electron chi connectivity index (χ0n) is 13.7. The number of amides is 2. The van der Waals surface area contributed by atoms with Gasteiger partial charge in [0.15, 0.2) is 0 Å². The summed E-state index contributed by atoms with van der Waals surface area (Å²) in [7, 11) is 0. The normalized spacial score (nSPS) is 20.5. The molecule has 0 unspecified atom stereocenters. The molecular formula is C18H23ClN2O3. The van der Waals surface area contributed by atoms with Gasteiger partial charge in [0.2, 0.25) is 5.91 Å². The molecule has 1 aliphatic carbocycles. The molecule has 2 amide bonds. The average Bonchev–Trinajstić information content (AvgIpc) is 3.45. The Morgan fingerprint density at radius 2 is 1.92 bits per heavy atom. The molecule has 24 heavy (non-hydrogen) atoms. The third kappa shape index (κ3) is 4.20. The molecular weight excluding hydrogens is 328 g/mol. The lowest BCUT2D eigenvalue weighted by Gasteiger charge is -2.39. The summed E-state index contributed by atoms with van der Waals surface area (Å²) in [5.41, 5.74) is 0.969. The second-order valence-electron chi connectivity index (χ2n) is 6.45. The molecule has 130 valence electrons. The van der Waals surface area contributed by atoms with E-state index in [1.54, 1.807) is 4.90 Å². The van der Waals surface area contributed by atoms with E-state index >= 15 is 0 Å². The van der Waals surface area contributed by atoms with E-state index in [1.165, 1.54) is 0 Å². The van der Waals surface area contributed by atoms with Crippen LogP contribution in [0.2, 0.25) is 0 Å². The van der Waals surface area contributed by atoms with Gasteiger partial charge >= 0.3 is 6.09 Å². The first-order chi connectivity index (χ1) is 11.7. The summed E-state index contributed by atoms with van der Waals surface area (Å²) in [5, 5.41) is 0. The molecule has 2 fully saturated rings. The van der Waals surface area contributed by atoms with Crippen molar-refractivity contribution in [1.82, 2.24) is 9.80 Å². The Kier molecular flexibility index (Phi) is 5.61. The number of piperidine rings is 1. The summed E-state index contributed by atoms with van der Waals surface area (Å²) < 4.78 is 5.42. The molecule has 2 aliphatic rings. The van der Waals surface area contributed by atoms with E-state index in [4.69, 9.17) is 16.3 Å². The fraction of sp³-hybridized carbons (Fsp3) is 0.556. The molecule has 0 radical (unpaired) electrons. The number of nitrogens with zero attached hydrogens (tertiary/aromatic N) is 2. The first kappa shape index (κ1) is 17.1. The molecule has 6 heteroatoms. The first-order valence-electron chi connectivity index (χ1n) is 8.52. The number of hydrogen-bond donors (Lipinski definition) is 0. The number of hydrogen-bond acceptors (Lipinski definition) is 3. The number of carbonyl (C=O) groups excluding carboxylic acids is 2. The molecule has 0 bridgehead atoms. The molecule has 3 rings (SSSR count). The largest absolute Gasteiger partial charge is 0.445 e. The number of rotatable bonds is 5. The standard InChI is InChI=1S/C18H23ClN2O3/c19-11-17(22)21(15-8-9-15)16-7-4-10-20(12-16)18(23)24-13-14-5-2-1-3-6-14/h1-3,5-6,15-16H,4,7-13H2/t16-/m1/s1. The van der Waals surface area contributed by atoms with Gasteiger partial charge in [-0.3, -0.25) is 4.79 Å². The monoisotopic (exact) mass is 350 g/mol. The number of carbonyl (C=O) groups is 2. The van der Waals surface area contributed by atoms with Crippen LogP contribution in [0.5, 0.6) is 0 Å². The van der Waals surface area contributed by atoms with Crippen LogP contribution in [-0.4, -0.2) is 52.9 Å². The Hall–Kier alpha value is -1.75. The Labute approximate surface area is 147 Å². The van der Waals surface area contributed by atoms with Crippen molar-refractivity contribution in [3.05, 3.63) is 35.9 Å². The van der Waals surface area contributed by atoms with Crippen molar-refractivity contribution < 1.29 is 14.3 Å². The van der Waals surface area contributed by atoms with Gasteiger partial charge in [-0.05, 0) is 31.2 Å². The summed E-state index contributed by atoms with van der Waals surface area (Å²) in [4.78, 5) is 28.1. The van der Waals surface area contributed by atoms with Gasteiger partial charge in [-0.25, -0.2) is 4.79 Å². The van der Waals surface area contributed by atoms with Gasteiger partial charge in [-0.2, -0.15) is 0 Å². The highest BCUT2D eigenvalue weighted by molar-refractivity contribution is 6.27. The summed E-state index contributed by atoms with van der Waals surface area (Å²) >= 11 is 5.76. The molecule has 5 nitrogen and oxygen atoms in total. The lowest BCUT2D eigenvalue weighted by molar-refractivity contribution is -0.132. The molecule has 1 saturated carbocycles. The van der Waals surface area contributed by atoms with Gasteiger partial charge in [0, 0.05) is 25.2 Å². The summed E-state index contributed by atoms with van der Waals surface area (Å²) in [6.45, 7) is 1.48. The van der Waals surface area contributed by atoms with Crippen LogP contribution in [0.1, 0.15) is 31.2 Å². The van der Waals surface area contributed by atoms with Crippen LogP contribution in [0.3, 0.4) is 0 Å². The molecule has 1 aliphatic heterocycles. The van der Waals surface area contributed by atoms with Gasteiger partial charge in [-0.15, -0.1) is 11.6 Å². The van der Waals surface area contributed by atoms with Gasteiger partial charge in [0.25, 0.3) is 0 Å². The van der Waals surface area contributed by atoms with Gasteiger partial charge in [0.05, 0.1) is 0 Å². The van der Waals surface area contributed by atoms with Crippen molar-refractivity contribution in [3.8, 4) is 0 Å². The minimum atomic E-state index is -0.308. The third-order valence-corrected chi connectivity index (χ3v) is 4.82. The lowest BCUT2D eigenvalue weighted by Crippen LogP contribution is -2.53. The van der Waals surface area contributed by atoms with Crippen LogP contribution in [0.4, 0.5) is 4.79 Å². The number of benzene rings is 1. The number of ether oxygens (including phenoxy) is 1. The van der Waals surface area contributed by atoms with E-state index in [1.807, 2.05) is 35.2 Å². The van der Waals surface area contributed by atoms with Crippen molar-refractivity contribution in [3.63, 3.8) is 0 Å². The molecule has 0 aromatic heterocycles. The number of halogens is 1. The van der Waals surface area contributed by atoms with E-state index in [2.05, 4.69) is 0 Å². The van der Waals surface area contributed by atoms with Crippen molar-refractivity contribution in [2.45, 2.75) is 44.4 Å². The Bertz CT molecular complexity index is 577. The fourth-order valence-electron chi connectivity index (χ4n) is 3.29. The number of likely N-dealkylation sites (tertiary alicyclic amines) is 1. The molecule has 1 heterocycles. The Balaban J connectivity index is 1.56. The van der Waals surface area contributed by atoms with Crippen LogP contribution < -0.4 is 0 Å². The van der Waals surface area contributed by atoms with E-state index in [9.17, 15) is 9.59 Å². The van der Waals surface area contributed by atoms with Crippen molar-refractivity contribution >= 4 is 23.6 Å². The van der Waals surface area contributed by atoms with Crippen molar-refractivity contribution in [2.24, 2.45) is 0 Å². The number of alkyl halides is 1. The molecule has 1 atom stereocenters. The molecule has 0 spiro atoms. The van der Waals surface area contributed by atoms with Crippen LogP contribution >= 0.6 is 11.6 Å². The topological polar surface area (TPSA) is 49.9 Å². The van der Waals surface area contributed by atoms with Crippen LogP contribution in [-0.2, 0) is 16.1 Å². The van der Waals surface area contributed by atoms with Gasteiger partial charge < -0.3 is 14.5 Å². The second kappa shape index (κ2) is 7.88. The zero-order chi connectivity index (χ0) is 16.9. The van der Waals surface area contributed by atoms with E-state index in [-0.39, 0.29) is 30.5 Å². The third-order valence-electron chi connectivity index (χ3n) is 4.60. The van der Waals surface area contributed by atoms with Crippen molar-refractivity contribution in [2.75, 3.05) is 19.0 Å². The minimum Gasteiger partial charge on any atom is -0.445 e. The maximum Gasteiger partial charge on any atom is 0.410 e. The highest BCUT2D eigenvalue weighted by Gasteiger charge is 2.39. The highest BCUT2D eigenvalue weighted by Crippen LogP contribution is 2.31. The van der Waals surface area contributed by atoms with E-state index in [0.29, 0.717) is 19.1 Å². The SMILES string of the molecule is O=C(OCc1ccccc1)N1CCC[C@@H](N(C(=O)CCl)C2CC2)C1. The molecule has 1 saturated heterocycles. The van der Waals surface area contributed by atoms with Gasteiger partial charge in [-0.1, -0.05) is 30.3 Å². The van der Waals surface area contributed by atoms with E-state index in [0.717, 1.165) is 31.2 Å². The fourth-order valence-corrected chi connectivity index (χ4v) is 3.42. The summed E-state index contributed by atoms with van der Waals surface area (Å²) in [5.74, 6) is -0.0190. The van der Waals surface area contributed by atoms with Crippen LogP contribution in [0.15, 0.2) is 30.3 Å². The maximum atomic E-state index is 12.3. The van der Waals surface area contributed by atoms with Crippen LogP contribution in [0.25, 0.3) is 0 Å². The molecule has 1 aromatic rings. The predicted molar refractivity (Wildman–Crippen MR) is 91.8 cm³/mol. The van der Waals surface area contributed by atoms with Crippen molar-refractivity contribution in [1.29, 1.82) is 0 Å². The zero-order valence-corrected chi connectivity index (χ0v) is 14.5. The summed E-state index contributed by atoms with van der Waals surface area (Å²) in [6, 6.07) is 10.0. The smallest absolute Gasteiger partial charge is 0.410 e. The summed E-state index contributed by atoms with van der Waals surface area (Å²) in [6.07, 6.45) is 3.57. The van der Waals surface area contributed by atoms with E-state index < -0.39 is 0 Å². The predicted octanol–water partition coefficient (Wildman–Crippen LogP) is 3.02. The van der Waals surface area contributed by atoms with Gasteiger partial charge in [0.1, 0.15) is 12.5 Å². The maximum absolute atomic E-state index is 12.3. The lowest BCUT2D eigenvalue weighted by atomic mass is 10.0. The minimum absolute atomic E-state index is 0.00541. The quantitative estimate of drug-likeness (QED) is 0.767. The Morgan fingerprint density at radius 3 is 2.58 bits per heavy atom. The first-order valence-corrected chi connectivity index (χ1v) is 9.05. The van der Waals surface area contributed by atoms with Crippen LogP contribution in [0, 0.1) is 0 Å². The second-order valence-corrected chi connectivity index (χ2v) is 6.72. The molecule has 0 N–H and O–H groups in total. The average molecular weight is 351 g/mol.